The second-order valence-corrected chi connectivity index (χ2v) is 2.16. The van der Waals surface area contributed by atoms with Crippen LogP contribution in [-0.2, 0) is 0 Å². The topological polar surface area (TPSA) is 59.4 Å². The van der Waals surface area contributed by atoms with Crippen LogP contribution >= 0.6 is 0 Å². The number of aromatic nitrogens is 1. The fourth-order valence-electron chi connectivity index (χ4n) is 0.731. The van der Waals surface area contributed by atoms with Crippen LogP contribution in [0.1, 0.15) is 10.5 Å². The van der Waals surface area contributed by atoms with Gasteiger partial charge in [0.25, 0.3) is 0 Å². The number of rotatable bonds is 3. The molecule has 0 radical (unpaired) electrons. The Hall–Kier alpha value is -1.79. The van der Waals surface area contributed by atoms with E-state index in [1.54, 1.807) is 0 Å². The van der Waals surface area contributed by atoms with Gasteiger partial charge in [-0.2, -0.15) is 8.78 Å². The normalized spacial score (nSPS) is 10.3. The summed E-state index contributed by atoms with van der Waals surface area (Å²) in [5.74, 6) is -3.40. The molecular weight excluding hydrogens is 203 g/mol. The van der Waals surface area contributed by atoms with Crippen molar-refractivity contribution >= 4 is 5.97 Å². The number of carbonyl (C=O) groups is 1. The summed E-state index contributed by atoms with van der Waals surface area (Å²) in [5, 5.41) is 8.38. The molecule has 7 heteroatoms. The van der Waals surface area contributed by atoms with Gasteiger partial charge in [0, 0.05) is 6.07 Å². The van der Waals surface area contributed by atoms with E-state index in [-0.39, 0.29) is 0 Å². The van der Waals surface area contributed by atoms with Crippen LogP contribution < -0.4 is 4.74 Å². The second kappa shape index (κ2) is 3.95. The molecule has 1 rings (SSSR count). The van der Waals surface area contributed by atoms with Crippen LogP contribution in [-0.4, -0.2) is 22.7 Å². The van der Waals surface area contributed by atoms with E-state index in [1.807, 2.05) is 0 Å². The molecule has 0 bridgehead atoms. The molecule has 76 valence electrons. The lowest BCUT2D eigenvalue weighted by Crippen LogP contribution is -2.09. The molecule has 1 N–H and O–H groups in total. The predicted octanol–water partition coefficient (Wildman–Crippen LogP) is 1.52. The minimum Gasteiger partial charge on any atom is -0.476 e. The van der Waals surface area contributed by atoms with Gasteiger partial charge >= 0.3 is 12.6 Å². The zero-order valence-corrected chi connectivity index (χ0v) is 6.58. The Morgan fingerprint density at radius 2 is 2.14 bits per heavy atom. The molecule has 0 aliphatic rings. The van der Waals surface area contributed by atoms with Crippen molar-refractivity contribution in [3.8, 4) is 5.88 Å². The zero-order valence-electron chi connectivity index (χ0n) is 6.58. The molecule has 1 heterocycles. The molecule has 0 saturated heterocycles. The number of hydrogen-bond acceptors (Lipinski definition) is 3. The summed E-state index contributed by atoms with van der Waals surface area (Å²) in [6.45, 7) is -3.13. The smallest absolute Gasteiger partial charge is 0.388 e. The number of nitrogens with zero attached hydrogens (tertiary/aromatic N) is 1. The Balaban J connectivity index is 3.00. The first-order valence-electron chi connectivity index (χ1n) is 3.35. The van der Waals surface area contributed by atoms with Crippen LogP contribution in [0.25, 0.3) is 0 Å². The van der Waals surface area contributed by atoms with Crippen molar-refractivity contribution in [3.63, 3.8) is 0 Å². The van der Waals surface area contributed by atoms with Crippen LogP contribution in [0.5, 0.6) is 5.88 Å². The van der Waals surface area contributed by atoms with E-state index in [9.17, 15) is 18.0 Å². The summed E-state index contributed by atoms with van der Waals surface area (Å²) >= 11 is 0. The molecule has 14 heavy (non-hydrogen) atoms. The summed E-state index contributed by atoms with van der Waals surface area (Å²) in [4.78, 5) is 13.3. The number of pyridine rings is 1. The summed E-state index contributed by atoms with van der Waals surface area (Å²) in [6.07, 6.45) is 0. The van der Waals surface area contributed by atoms with Crippen LogP contribution in [0.15, 0.2) is 12.1 Å². The molecule has 0 fully saturated rings. The number of carboxylic acid groups (broad SMARTS) is 1. The highest BCUT2D eigenvalue weighted by Crippen LogP contribution is 2.13. The maximum Gasteiger partial charge on any atom is 0.388 e. The lowest BCUT2D eigenvalue weighted by molar-refractivity contribution is -0.0530. The second-order valence-electron chi connectivity index (χ2n) is 2.16. The molecular formula is C7H4F3NO3. The van der Waals surface area contributed by atoms with E-state index >= 15 is 0 Å². The Morgan fingerprint density at radius 1 is 1.50 bits per heavy atom. The lowest BCUT2D eigenvalue weighted by atomic mass is 10.3. The van der Waals surface area contributed by atoms with E-state index in [0.717, 1.165) is 6.07 Å². The molecule has 0 aromatic carbocycles. The minimum absolute atomic E-state index is 0.640. The van der Waals surface area contributed by atoms with Crippen molar-refractivity contribution in [3.05, 3.63) is 23.6 Å². The molecule has 1 aromatic heterocycles. The van der Waals surface area contributed by atoms with Gasteiger partial charge in [-0.15, -0.1) is 0 Å². The third-order valence-corrected chi connectivity index (χ3v) is 1.23. The van der Waals surface area contributed by atoms with Crippen LogP contribution in [0, 0.1) is 5.82 Å². The maximum absolute atomic E-state index is 12.7. The fraction of sp³-hybridized carbons (Fsp3) is 0.143. The third kappa shape index (κ3) is 2.35. The van der Waals surface area contributed by atoms with Gasteiger partial charge in [-0.1, -0.05) is 0 Å². The summed E-state index contributed by atoms with van der Waals surface area (Å²) in [6, 6.07) is 1.50. The maximum atomic E-state index is 12.7. The molecule has 0 amide bonds. The van der Waals surface area contributed by atoms with Crippen molar-refractivity contribution < 1.29 is 27.8 Å². The number of alkyl halides is 2. The minimum atomic E-state index is -3.13. The van der Waals surface area contributed by atoms with Gasteiger partial charge in [-0.05, 0) is 6.07 Å². The number of hydrogen-bond donors (Lipinski definition) is 1. The van der Waals surface area contributed by atoms with Crippen LogP contribution in [0.3, 0.4) is 0 Å². The third-order valence-electron chi connectivity index (χ3n) is 1.23. The van der Waals surface area contributed by atoms with E-state index in [0.29, 0.717) is 6.07 Å². The van der Waals surface area contributed by atoms with Gasteiger partial charge < -0.3 is 9.84 Å². The van der Waals surface area contributed by atoms with Crippen molar-refractivity contribution in [2.45, 2.75) is 6.61 Å². The molecule has 0 aliphatic carbocycles. The summed E-state index contributed by atoms with van der Waals surface area (Å²) in [7, 11) is 0. The van der Waals surface area contributed by atoms with Crippen molar-refractivity contribution in [2.75, 3.05) is 0 Å². The largest absolute Gasteiger partial charge is 0.476 e. The SMILES string of the molecule is O=C(O)c1nc(OC(F)F)ccc1F. The fourth-order valence-corrected chi connectivity index (χ4v) is 0.731. The Morgan fingerprint density at radius 3 is 2.64 bits per heavy atom. The predicted molar refractivity (Wildman–Crippen MR) is 37.8 cm³/mol. The lowest BCUT2D eigenvalue weighted by Gasteiger charge is -2.03. The molecule has 0 saturated carbocycles. The number of carboxylic acids is 1. The summed E-state index contributed by atoms with van der Waals surface area (Å²) < 4.78 is 39.8. The Labute approximate surface area is 75.9 Å². The van der Waals surface area contributed by atoms with E-state index in [4.69, 9.17) is 5.11 Å². The van der Waals surface area contributed by atoms with Crippen molar-refractivity contribution in [1.82, 2.24) is 4.98 Å². The van der Waals surface area contributed by atoms with Crippen LogP contribution in [0.4, 0.5) is 13.2 Å². The van der Waals surface area contributed by atoms with Gasteiger partial charge in [0.05, 0.1) is 0 Å². The van der Waals surface area contributed by atoms with E-state index in [2.05, 4.69) is 9.72 Å². The molecule has 1 aromatic rings. The molecule has 4 nitrogen and oxygen atoms in total. The first-order chi connectivity index (χ1) is 6.50. The molecule has 0 unspecified atom stereocenters. The first-order valence-corrected chi connectivity index (χ1v) is 3.35. The average molecular weight is 207 g/mol. The quantitative estimate of drug-likeness (QED) is 0.816. The molecule has 0 atom stereocenters. The van der Waals surface area contributed by atoms with Gasteiger partial charge in [-0.3, -0.25) is 0 Å². The van der Waals surface area contributed by atoms with Crippen LogP contribution in [0.2, 0.25) is 0 Å². The van der Waals surface area contributed by atoms with Gasteiger partial charge in [0.2, 0.25) is 5.88 Å². The monoisotopic (exact) mass is 207 g/mol. The first kappa shape index (κ1) is 10.3. The molecule has 0 aliphatic heterocycles. The van der Waals surface area contributed by atoms with E-state index < -0.39 is 30.0 Å². The van der Waals surface area contributed by atoms with Gasteiger partial charge in [0.15, 0.2) is 11.5 Å². The Kier molecular flexibility index (Phi) is 2.90. The standard InChI is InChI=1S/C7H4F3NO3/c8-3-1-2-4(14-7(9)10)11-5(3)6(12)13/h1-2,7H,(H,12,13). The Bertz CT molecular complexity index is 356. The highest BCUT2D eigenvalue weighted by Gasteiger charge is 2.15. The number of ether oxygens (including phenoxy) is 1. The van der Waals surface area contributed by atoms with Gasteiger partial charge in [-0.25, -0.2) is 14.2 Å². The number of aromatic carboxylic acids is 1. The average Bonchev–Trinajstić information content (AvgIpc) is 2.07. The van der Waals surface area contributed by atoms with Crippen molar-refractivity contribution in [2.24, 2.45) is 0 Å². The van der Waals surface area contributed by atoms with Crippen molar-refractivity contribution in [1.29, 1.82) is 0 Å². The van der Waals surface area contributed by atoms with Gasteiger partial charge in [0.1, 0.15) is 0 Å². The zero-order chi connectivity index (χ0) is 10.7. The highest BCUT2D eigenvalue weighted by molar-refractivity contribution is 5.85. The summed E-state index contributed by atoms with van der Waals surface area (Å²) in [5.41, 5.74) is -0.955. The molecule has 0 spiro atoms. The highest BCUT2D eigenvalue weighted by atomic mass is 19.3. The number of halogens is 3. The van der Waals surface area contributed by atoms with E-state index in [1.165, 1.54) is 0 Å².